The smallest absolute Gasteiger partial charge is 0.191 e. The van der Waals surface area contributed by atoms with Gasteiger partial charge in [-0.05, 0) is 26.7 Å². The van der Waals surface area contributed by atoms with Crippen LogP contribution in [0.5, 0.6) is 0 Å². The van der Waals surface area contributed by atoms with Crippen molar-refractivity contribution in [3.8, 4) is 0 Å². The van der Waals surface area contributed by atoms with Gasteiger partial charge in [-0.25, -0.2) is 4.99 Å². The van der Waals surface area contributed by atoms with Crippen LogP contribution < -0.4 is 10.6 Å². The number of hydrogen-bond donors (Lipinski definition) is 2. The van der Waals surface area contributed by atoms with Crippen LogP contribution in [0.3, 0.4) is 0 Å². The standard InChI is InChI=1S/C14H27FN6O.HI/c1-4-22-10-6-9-17-14(16-8-5-7-15)18-11-13-20-19-12(2)21(13)3;/h4-11H2,1-3H3,(H2,16,17,18);1H. The molecule has 0 bridgehead atoms. The molecule has 0 radical (unpaired) electrons. The summed E-state index contributed by atoms with van der Waals surface area (Å²) < 4.78 is 19.4. The fraction of sp³-hybridized carbons (Fsp3) is 0.786. The van der Waals surface area contributed by atoms with Crippen molar-refractivity contribution in [2.75, 3.05) is 33.0 Å². The molecular weight excluding hydrogens is 414 g/mol. The van der Waals surface area contributed by atoms with E-state index in [4.69, 9.17) is 4.74 Å². The quantitative estimate of drug-likeness (QED) is 0.249. The van der Waals surface area contributed by atoms with Gasteiger partial charge in [0.2, 0.25) is 0 Å². The lowest BCUT2D eigenvalue weighted by Gasteiger charge is -2.12. The zero-order chi connectivity index (χ0) is 16.2. The van der Waals surface area contributed by atoms with Gasteiger partial charge in [0.05, 0.1) is 6.67 Å². The van der Waals surface area contributed by atoms with Crippen molar-refractivity contribution in [1.29, 1.82) is 0 Å². The number of halogens is 2. The largest absolute Gasteiger partial charge is 0.382 e. The first-order valence-electron chi connectivity index (χ1n) is 7.69. The first-order valence-corrected chi connectivity index (χ1v) is 7.69. The third-order valence-electron chi connectivity index (χ3n) is 3.13. The van der Waals surface area contributed by atoms with Crippen molar-refractivity contribution in [3.63, 3.8) is 0 Å². The minimum absolute atomic E-state index is 0. The molecule has 2 N–H and O–H groups in total. The minimum atomic E-state index is -0.340. The molecule has 0 fully saturated rings. The van der Waals surface area contributed by atoms with E-state index >= 15 is 0 Å². The molecular formula is C14H28FIN6O. The van der Waals surface area contributed by atoms with Crippen LogP contribution >= 0.6 is 24.0 Å². The Morgan fingerprint density at radius 2 is 1.96 bits per heavy atom. The molecule has 1 aromatic heterocycles. The van der Waals surface area contributed by atoms with Crippen LogP contribution in [0.2, 0.25) is 0 Å². The molecule has 1 heterocycles. The van der Waals surface area contributed by atoms with E-state index < -0.39 is 0 Å². The second-order valence-electron chi connectivity index (χ2n) is 4.83. The van der Waals surface area contributed by atoms with Crippen molar-refractivity contribution < 1.29 is 9.13 Å². The molecule has 23 heavy (non-hydrogen) atoms. The fourth-order valence-electron chi connectivity index (χ4n) is 1.71. The highest BCUT2D eigenvalue weighted by molar-refractivity contribution is 14.0. The molecule has 7 nitrogen and oxygen atoms in total. The van der Waals surface area contributed by atoms with E-state index in [2.05, 4.69) is 25.8 Å². The molecule has 0 spiro atoms. The minimum Gasteiger partial charge on any atom is -0.382 e. The van der Waals surface area contributed by atoms with Crippen LogP contribution in [-0.2, 0) is 18.3 Å². The molecule has 0 aliphatic rings. The Bertz CT molecular complexity index is 454. The first kappa shape index (κ1) is 22.0. The summed E-state index contributed by atoms with van der Waals surface area (Å²) in [4.78, 5) is 4.47. The van der Waals surface area contributed by atoms with Gasteiger partial charge in [-0.1, -0.05) is 0 Å². The van der Waals surface area contributed by atoms with Crippen LogP contribution in [0.1, 0.15) is 31.4 Å². The number of nitrogens with one attached hydrogen (secondary N) is 2. The molecule has 0 amide bonds. The van der Waals surface area contributed by atoms with E-state index in [1.165, 1.54) is 0 Å². The maximum atomic E-state index is 12.2. The number of aryl methyl sites for hydroxylation is 1. The molecule has 0 aromatic carbocycles. The highest BCUT2D eigenvalue weighted by Crippen LogP contribution is 1.99. The number of hydrogen-bond acceptors (Lipinski definition) is 4. The Kier molecular flexibility index (Phi) is 12.9. The fourth-order valence-corrected chi connectivity index (χ4v) is 1.71. The molecule has 0 aliphatic carbocycles. The molecule has 0 saturated carbocycles. The summed E-state index contributed by atoms with van der Waals surface area (Å²) in [6.45, 7) is 6.69. The molecule has 9 heteroatoms. The highest BCUT2D eigenvalue weighted by atomic mass is 127. The summed E-state index contributed by atoms with van der Waals surface area (Å²) in [7, 11) is 1.91. The van der Waals surface area contributed by atoms with E-state index in [0.717, 1.165) is 31.2 Å². The summed E-state index contributed by atoms with van der Waals surface area (Å²) in [5.74, 6) is 2.30. The summed E-state index contributed by atoms with van der Waals surface area (Å²) >= 11 is 0. The number of alkyl halides is 1. The normalized spacial score (nSPS) is 11.2. The van der Waals surface area contributed by atoms with E-state index in [-0.39, 0.29) is 30.7 Å². The third-order valence-corrected chi connectivity index (χ3v) is 3.13. The topological polar surface area (TPSA) is 76.4 Å². The van der Waals surface area contributed by atoms with Crippen LogP contribution in [-0.4, -0.2) is 53.7 Å². The lowest BCUT2D eigenvalue weighted by atomic mass is 10.4. The maximum absolute atomic E-state index is 12.2. The van der Waals surface area contributed by atoms with Crippen molar-refractivity contribution in [3.05, 3.63) is 11.6 Å². The van der Waals surface area contributed by atoms with Gasteiger partial charge in [0.25, 0.3) is 0 Å². The van der Waals surface area contributed by atoms with Gasteiger partial charge in [0.15, 0.2) is 11.8 Å². The number of aliphatic imine (C=N–C) groups is 1. The predicted molar refractivity (Wildman–Crippen MR) is 100 cm³/mol. The van der Waals surface area contributed by atoms with E-state index in [0.29, 0.717) is 32.1 Å². The molecule has 1 aromatic rings. The van der Waals surface area contributed by atoms with E-state index in [9.17, 15) is 4.39 Å². The number of aromatic nitrogens is 3. The van der Waals surface area contributed by atoms with Crippen LogP contribution in [0.15, 0.2) is 4.99 Å². The first-order chi connectivity index (χ1) is 10.7. The second-order valence-corrected chi connectivity index (χ2v) is 4.83. The number of nitrogens with zero attached hydrogens (tertiary/aromatic N) is 4. The van der Waals surface area contributed by atoms with Crippen LogP contribution in [0, 0.1) is 6.92 Å². The van der Waals surface area contributed by atoms with Crippen molar-refractivity contribution in [2.24, 2.45) is 12.0 Å². The average molecular weight is 442 g/mol. The molecule has 0 aliphatic heterocycles. The Morgan fingerprint density at radius 1 is 1.26 bits per heavy atom. The average Bonchev–Trinajstić information content (AvgIpc) is 2.83. The third kappa shape index (κ3) is 9.04. The van der Waals surface area contributed by atoms with Gasteiger partial charge in [-0.2, -0.15) is 0 Å². The predicted octanol–water partition coefficient (Wildman–Crippen LogP) is 1.56. The highest BCUT2D eigenvalue weighted by Gasteiger charge is 2.05. The summed E-state index contributed by atoms with van der Waals surface area (Å²) in [5, 5.41) is 14.4. The van der Waals surface area contributed by atoms with Gasteiger partial charge < -0.3 is 19.9 Å². The molecule has 134 valence electrons. The maximum Gasteiger partial charge on any atom is 0.191 e. The molecule has 0 unspecified atom stereocenters. The van der Waals surface area contributed by atoms with Gasteiger partial charge >= 0.3 is 0 Å². The Balaban J connectivity index is 0.00000484. The van der Waals surface area contributed by atoms with Crippen molar-refractivity contribution in [2.45, 2.75) is 33.2 Å². The van der Waals surface area contributed by atoms with Crippen LogP contribution in [0.4, 0.5) is 4.39 Å². The Hall–Kier alpha value is -0.970. The lowest BCUT2D eigenvalue weighted by molar-refractivity contribution is 0.145. The van der Waals surface area contributed by atoms with Crippen LogP contribution in [0.25, 0.3) is 0 Å². The number of rotatable bonds is 10. The summed E-state index contributed by atoms with van der Waals surface area (Å²) in [5.41, 5.74) is 0. The monoisotopic (exact) mass is 442 g/mol. The van der Waals surface area contributed by atoms with Gasteiger partial charge in [-0.15, -0.1) is 34.2 Å². The number of ether oxygens (including phenoxy) is 1. The summed E-state index contributed by atoms with van der Waals surface area (Å²) in [6, 6.07) is 0. The Morgan fingerprint density at radius 3 is 2.52 bits per heavy atom. The van der Waals surface area contributed by atoms with Gasteiger partial charge in [-0.3, -0.25) is 4.39 Å². The van der Waals surface area contributed by atoms with Crippen molar-refractivity contribution >= 4 is 29.9 Å². The summed E-state index contributed by atoms with van der Waals surface area (Å²) in [6.07, 6.45) is 1.35. The van der Waals surface area contributed by atoms with E-state index in [1.54, 1.807) is 0 Å². The van der Waals surface area contributed by atoms with Gasteiger partial charge in [0.1, 0.15) is 12.4 Å². The SMILES string of the molecule is CCOCCCNC(=NCc1nnc(C)n1C)NCCCF.I. The number of guanidine groups is 1. The molecule has 0 atom stereocenters. The Labute approximate surface area is 154 Å². The zero-order valence-electron chi connectivity index (χ0n) is 14.1. The lowest BCUT2D eigenvalue weighted by Crippen LogP contribution is -2.38. The van der Waals surface area contributed by atoms with Crippen molar-refractivity contribution in [1.82, 2.24) is 25.4 Å². The van der Waals surface area contributed by atoms with E-state index in [1.807, 2.05) is 25.5 Å². The zero-order valence-corrected chi connectivity index (χ0v) is 16.5. The second kappa shape index (κ2) is 13.5. The molecule has 0 saturated heterocycles. The molecule has 1 rings (SSSR count). The van der Waals surface area contributed by atoms with Gasteiger partial charge in [0, 0.05) is 33.4 Å².